The zero-order valence-corrected chi connectivity index (χ0v) is 15.7. The SMILES string of the molecule is O=C(CSc1ncc(-c2ccc(Cl)cc2)o1)Nc1ccc2c(c1)OCCO2. The number of oxazole rings is 1. The van der Waals surface area contributed by atoms with E-state index in [1.54, 1.807) is 36.5 Å². The number of aromatic nitrogens is 1. The zero-order valence-electron chi connectivity index (χ0n) is 14.1. The molecular weight excluding hydrogens is 388 g/mol. The molecule has 1 N–H and O–H groups in total. The molecule has 0 fully saturated rings. The molecular formula is C19H15ClN2O4S. The first-order chi connectivity index (χ1) is 13.2. The van der Waals surface area contributed by atoms with Gasteiger partial charge in [-0.1, -0.05) is 23.4 Å². The van der Waals surface area contributed by atoms with Crippen molar-refractivity contribution in [1.82, 2.24) is 4.98 Å². The summed E-state index contributed by atoms with van der Waals surface area (Å²) >= 11 is 7.11. The first kappa shape index (κ1) is 17.8. The Labute approximate surface area is 164 Å². The Morgan fingerprint density at radius 2 is 1.89 bits per heavy atom. The van der Waals surface area contributed by atoms with Crippen molar-refractivity contribution in [2.45, 2.75) is 5.22 Å². The highest BCUT2D eigenvalue weighted by Gasteiger charge is 2.14. The molecule has 0 aliphatic carbocycles. The predicted molar refractivity (Wildman–Crippen MR) is 104 cm³/mol. The molecule has 0 atom stereocenters. The molecule has 6 nitrogen and oxygen atoms in total. The van der Waals surface area contributed by atoms with Crippen LogP contribution in [0.25, 0.3) is 11.3 Å². The highest BCUT2D eigenvalue weighted by atomic mass is 35.5. The van der Waals surface area contributed by atoms with Crippen LogP contribution in [0.2, 0.25) is 5.02 Å². The van der Waals surface area contributed by atoms with E-state index >= 15 is 0 Å². The van der Waals surface area contributed by atoms with Crippen molar-refractivity contribution in [3.63, 3.8) is 0 Å². The topological polar surface area (TPSA) is 73.6 Å². The Morgan fingerprint density at radius 3 is 2.70 bits per heavy atom. The average molecular weight is 403 g/mol. The quantitative estimate of drug-likeness (QED) is 0.633. The van der Waals surface area contributed by atoms with Crippen LogP contribution in [0.3, 0.4) is 0 Å². The van der Waals surface area contributed by atoms with Crippen molar-refractivity contribution in [3.05, 3.63) is 53.7 Å². The Hall–Kier alpha value is -2.64. The Kier molecular flexibility index (Phi) is 5.22. The van der Waals surface area contributed by atoms with Gasteiger partial charge in [0.05, 0.1) is 11.9 Å². The first-order valence-electron chi connectivity index (χ1n) is 8.21. The number of hydrogen-bond acceptors (Lipinski definition) is 6. The van der Waals surface area contributed by atoms with Crippen molar-refractivity contribution < 1.29 is 18.7 Å². The minimum absolute atomic E-state index is 0.164. The van der Waals surface area contributed by atoms with E-state index in [9.17, 15) is 4.79 Å². The fraction of sp³-hybridized carbons (Fsp3) is 0.158. The summed E-state index contributed by atoms with van der Waals surface area (Å²) in [7, 11) is 0. The van der Waals surface area contributed by atoms with Crippen molar-refractivity contribution in [2.75, 3.05) is 24.3 Å². The standard InChI is InChI=1S/C19H15ClN2O4S/c20-13-3-1-12(2-4-13)17-10-21-19(26-17)27-11-18(23)22-14-5-6-15-16(9-14)25-8-7-24-15/h1-6,9-10H,7-8,11H2,(H,22,23). The molecule has 0 saturated carbocycles. The zero-order chi connectivity index (χ0) is 18.6. The van der Waals surface area contributed by atoms with Gasteiger partial charge in [0.15, 0.2) is 17.3 Å². The van der Waals surface area contributed by atoms with E-state index in [1.807, 2.05) is 12.1 Å². The molecule has 0 spiro atoms. The van der Waals surface area contributed by atoms with Gasteiger partial charge in [-0.2, -0.15) is 0 Å². The molecule has 0 unspecified atom stereocenters. The number of amides is 1. The molecule has 1 aromatic heterocycles. The summed E-state index contributed by atoms with van der Waals surface area (Å²) in [6.07, 6.45) is 1.63. The van der Waals surface area contributed by atoms with Gasteiger partial charge in [0.25, 0.3) is 5.22 Å². The minimum Gasteiger partial charge on any atom is -0.486 e. The monoisotopic (exact) mass is 402 g/mol. The van der Waals surface area contributed by atoms with Crippen molar-refractivity contribution >= 4 is 35.0 Å². The largest absolute Gasteiger partial charge is 0.486 e. The van der Waals surface area contributed by atoms with Crippen LogP contribution in [0.5, 0.6) is 11.5 Å². The second-order valence-electron chi connectivity index (χ2n) is 5.69. The summed E-state index contributed by atoms with van der Waals surface area (Å²) in [6, 6.07) is 12.6. The van der Waals surface area contributed by atoms with Crippen LogP contribution in [0, 0.1) is 0 Å². The van der Waals surface area contributed by atoms with E-state index in [4.69, 9.17) is 25.5 Å². The lowest BCUT2D eigenvalue weighted by atomic mass is 10.2. The molecule has 8 heteroatoms. The summed E-state index contributed by atoms with van der Waals surface area (Å²) < 4.78 is 16.7. The summed E-state index contributed by atoms with van der Waals surface area (Å²) in [5, 5.41) is 3.91. The molecule has 1 aliphatic heterocycles. The third kappa shape index (κ3) is 4.37. The third-order valence-corrected chi connectivity index (χ3v) is 4.86. The molecule has 2 aromatic carbocycles. The summed E-state index contributed by atoms with van der Waals surface area (Å²) in [5.41, 5.74) is 1.53. The van der Waals surface area contributed by atoms with Crippen LogP contribution >= 0.6 is 23.4 Å². The number of nitrogens with zero attached hydrogens (tertiary/aromatic N) is 1. The number of hydrogen-bond donors (Lipinski definition) is 1. The number of benzene rings is 2. The van der Waals surface area contributed by atoms with Gasteiger partial charge < -0.3 is 19.2 Å². The van der Waals surface area contributed by atoms with Gasteiger partial charge in [0, 0.05) is 22.3 Å². The van der Waals surface area contributed by atoms with E-state index in [0.29, 0.717) is 46.4 Å². The van der Waals surface area contributed by atoms with E-state index in [1.165, 1.54) is 11.8 Å². The molecule has 0 bridgehead atoms. The summed E-state index contributed by atoms with van der Waals surface area (Å²) in [6.45, 7) is 1.03. The lowest BCUT2D eigenvalue weighted by molar-refractivity contribution is -0.113. The van der Waals surface area contributed by atoms with Crippen LogP contribution < -0.4 is 14.8 Å². The number of thioether (sulfide) groups is 1. The van der Waals surface area contributed by atoms with Gasteiger partial charge in [-0.25, -0.2) is 4.98 Å². The van der Waals surface area contributed by atoms with E-state index in [2.05, 4.69) is 10.3 Å². The average Bonchev–Trinajstić information content (AvgIpc) is 3.16. The van der Waals surface area contributed by atoms with Gasteiger partial charge >= 0.3 is 0 Å². The number of halogens is 1. The van der Waals surface area contributed by atoms with E-state index < -0.39 is 0 Å². The molecule has 3 aromatic rings. The number of anilines is 1. The highest BCUT2D eigenvalue weighted by molar-refractivity contribution is 7.99. The summed E-state index contributed by atoms with van der Waals surface area (Å²) in [4.78, 5) is 16.4. The van der Waals surface area contributed by atoms with Gasteiger partial charge in [0.2, 0.25) is 5.91 Å². The van der Waals surface area contributed by atoms with E-state index in [-0.39, 0.29) is 11.7 Å². The lowest BCUT2D eigenvalue weighted by Crippen LogP contribution is -2.17. The fourth-order valence-corrected chi connectivity index (χ4v) is 3.25. The maximum atomic E-state index is 12.2. The summed E-state index contributed by atoms with van der Waals surface area (Å²) in [5.74, 6) is 1.95. The van der Waals surface area contributed by atoms with Gasteiger partial charge in [-0.3, -0.25) is 4.79 Å². The highest BCUT2D eigenvalue weighted by Crippen LogP contribution is 2.33. The number of nitrogens with one attached hydrogen (secondary N) is 1. The fourth-order valence-electron chi connectivity index (χ4n) is 2.52. The maximum Gasteiger partial charge on any atom is 0.256 e. The van der Waals surface area contributed by atoms with Crippen LogP contribution in [0.1, 0.15) is 0 Å². The molecule has 0 radical (unpaired) electrons. The normalized spacial score (nSPS) is 12.6. The van der Waals surface area contributed by atoms with Gasteiger partial charge in [-0.15, -0.1) is 0 Å². The van der Waals surface area contributed by atoms with Crippen LogP contribution in [-0.2, 0) is 4.79 Å². The van der Waals surface area contributed by atoms with Crippen LogP contribution in [0.4, 0.5) is 5.69 Å². The number of carbonyl (C=O) groups is 1. The molecule has 0 saturated heterocycles. The van der Waals surface area contributed by atoms with E-state index in [0.717, 1.165) is 5.56 Å². The Morgan fingerprint density at radius 1 is 1.11 bits per heavy atom. The van der Waals surface area contributed by atoms with Crippen molar-refractivity contribution in [3.8, 4) is 22.8 Å². The molecule has 4 rings (SSSR count). The van der Waals surface area contributed by atoms with Crippen molar-refractivity contribution in [2.24, 2.45) is 0 Å². The van der Waals surface area contributed by atoms with Crippen LogP contribution in [-0.4, -0.2) is 29.9 Å². The molecule has 1 aliphatic rings. The Balaban J connectivity index is 1.34. The van der Waals surface area contributed by atoms with Gasteiger partial charge in [0.1, 0.15) is 13.2 Å². The second-order valence-corrected chi connectivity index (χ2v) is 7.06. The second kappa shape index (κ2) is 7.94. The van der Waals surface area contributed by atoms with Crippen LogP contribution in [0.15, 0.2) is 58.3 Å². The third-order valence-electron chi connectivity index (χ3n) is 3.77. The number of rotatable bonds is 5. The van der Waals surface area contributed by atoms with Crippen molar-refractivity contribution in [1.29, 1.82) is 0 Å². The molecule has 27 heavy (non-hydrogen) atoms. The van der Waals surface area contributed by atoms with Gasteiger partial charge in [-0.05, 0) is 36.4 Å². The molecule has 138 valence electrons. The molecule has 1 amide bonds. The lowest BCUT2D eigenvalue weighted by Gasteiger charge is -2.18. The maximum absolute atomic E-state index is 12.2. The molecule has 2 heterocycles. The first-order valence-corrected chi connectivity index (χ1v) is 9.58. The minimum atomic E-state index is -0.164. The smallest absolute Gasteiger partial charge is 0.256 e. The number of carbonyl (C=O) groups excluding carboxylic acids is 1. The Bertz CT molecular complexity index is 959. The number of fused-ring (bicyclic) bond motifs is 1. The number of ether oxygens (including phenoxy) is 2. The predicted octanol–water partition coefficient (Wildman–Crippen LogP) is 4.50.